The van der Waals surface area contributed by atoms with Gasteiger partial charge in [0.25, 0.3) is 0 Å². The summed E-state index contributed by atoms with van der Waals surface area (Å²) < 4.78 is 5.43. The molecule has 70 valence electrons. The van der Waals surface area contributed by atoms with E-state index in [0.717, 1.165) is 12.5 Å². The summed E-state index contributed by atoms with van der Waals surface area (Å²) in [6.45, 7) is 7.33. The molecule has 0 saturated carbocycles. The quantitative estimate of drug-likeness (QED) is 0.658. The van der Waals surface area contributed by atoms with Crippen molar-refractivity contribution in [2.24, 2.45) is 0 Å². The molecular weight excluding hydrogens is 162 g/mol. The lowest BCUT2D eigenvalue weighted by Crippen LogP contribution is -1.94. The summed E-state index contributed by atoms with van der Waals surface area (Å²) in [6, 6.07) is 2.23. The molecule has 0 radical (unpaired) electrons. The molecule has 0 amide bonds. The lowest BCUT2D eigenvalue weighted by atomic mass is 9.99. The first-order valence-electron chi connectivity index (χ1n) is 4.81. The van der Waals surface area contributed by atoms with E-state index in [9.17, 15) is 0 Å². The third-order valence-corrected chi connectivity index (χ3v) is 2.57. The van der Waals surface area contributed by atoms with Crippen molar-refractivity contribution < 1.29 is 4.74 Å². The Labute approximate surface area is 78.9 Å². The first-order valence-corrected chi connectivity index (χ1v) is 4.81. The van der Waals surface area contributed by atoms with E-state index in [0.29, 0.717) is 11.8 Å². The zero-order valence-corrected chi connectivity index (χ0v) is 8.37. The van der Waals surface area contributed by atoms with Gasteiger partial charge in [-0.05, 0) is 17.5 Å². The fraction of sp³-hybridized carbons (Fsp3) is 0.545. The van der Waals surface area contributed by atoms with Crippen LogP contribution in [-0.2, 0) is 0 Å². The molecule has 0 fully saturated rings. The van der Waals surface area contributed by atoms with Crippen LogP contribution in [0.3, 0.4) is 0 Å². The first-order chi connectivity index (χ1) is 6.18. The molecule has 1 aromatic heterocycles. The van der Waals surface area contributed by atoms with Crippen molar-refractivity contribution in [3.05, 3.63) is 23.4 Å². The van der Waals surface area contributed by atoms with Gasteiger partial charge in [-0.25, -0.2) is 4.98 Å². The summed E-state index contributed by atoms with van der Waals surface area (Å²) >= 11 is 0. The Morgan fingerprint density at radius 1 is 1.54 bits per heavy atom. The Morgan fingerprint density at radius 2 is 2.31 bits per heavy atom. The Balaban J connectivity index is 2.42. The molecule has 0 N–H and O–H groups in total. The maximum absolute atomic E-state index is 5.43. The number of hydrogen-bond donors (Lipinski definition) is 0. The second-order valence-corrected chi connectivity index (χ2v) is 4.03. The number of rotatable bonds is 1. The second-order valence-electron chi connectivity index (χ2n) is 4.03. The fourth-order valence-electron chi connectivity index (χ4n) is 1.57. The van der Waals surface area contributed by atoms with Crippen LogP contribution in [0, 0.1) is 0 Å². The smallest absolute Gasteiger partial charge is 0.216 e. The van der Waals surface area contributed by atoms with E-state index >= 15 is 0 Å². The van der Waals surface area contributed by atoms with Crippen LogP contribution in [0.2, 0.25) is 0 Å². The predicted molar refractivity (Wildman–Crippen MR) is 52.2 cm³/mol. The van der Waals surface area contributed by atoms with E-state index < -0.39 is 0 Å². The van der Waals surface area contributed by atoms with Gasteiger partial charge in [0.05, 0.1) is 6.61 Å². The van der Waals surface area contributed by atoms with Crippen LogP contribution in [0.15, 0.2) is 12.3 Å². The Bertz CT molecular complexity index is 320. The van der Waals surface area contributed by atoms with E-state index in [1.807, 2.05) is 6.20 Å². The van der Waals surface area contributed by atoms with Gasteiger partial charge in [-0.3, -0.25) is 0 Å². The molecule has 1 aliphatic rings. The number of nitrogens with zero attached hydrogens (tertiary/aromatic N) is 1. The Morgan fingerprint density at radius 3 is 3.00 bits per heavy atom. The number of aromatic nitrogens is 1. The van der Waals surface area contributed by atoms with Crippen LogP contribution >= 0.6 is 0 Å². The zero-order chi connectivity index (χ0) is 9.42. The number of hydrogen-bond acceptors (Lipinski definition) is 2. The third-order valence-electron chi connectivity index (χ3n) is 2.57. The minimum atomic E-state index is 0.501. The summed E-state index contributed by atoms with van der Waals surface area (Å²) in [5.74, 6) is 1.88. The van der Waals surface area contributed by atoms with Crippen molar-refractivity contribution in [2.75, 3.05) is 6.61 Å². The van der Waals surface area contributed by atoms with Gasteiger partial charge in [-0.2, -0.15) is 0 Å². The maximum atomic E-state index is 5.43. The van der Waals surface area contributed by atoms with Gasteiger partial charge in [0.15, 0.2) is 0 Å². The van der Waals surface area contributed by atoms with Gasteiger partial charge >= 0.3 is 0 Å². The molecule has 0 aromatic carbocycles. The van der Waals surface area contributed by atoms with E-state index in [1.54, 1.807) is 0 Å². The maximum Gasteiger partial charge on any atom is 0.216 e. The molecule has 0 spiro atoms. The van der Waals surface area contributed by atoms with Crippen LogP contribution in [0.4, 0.5) is 0 Å². The average molecular weight is 177 g/mol. The summed E-state index contributed by atoms with van der Waals surface area (Å²) in [7, 11) is 0. The first kappa shape index (κ1) is 8.54. The number of pyridine rings is 1. The Hall–Kier alpha value is -1.05. The van der Waals surface area contributed by atoms with Crippen molar-refractivity contribution in [1.82, 2.24) is 4.98 Å². The third kappa shape index (κ3) is 1.41. The fourth-order valence-corrected chi connectivity index (χ4v) is 1.57. The summed E-state index contributed by atoms with van der Waals surface area (Å²) in [6.07, 6.45) is 1.92. The predicted octanol–water partition coefficient (Wildman–Crippen LogP) is 2.70. The summed E-state index contributed by atoms with van der Waals surface area (Å²) in [5, 5.41) is 0. The second kappa shape index (κ2) is 3.02. The van der Waals surface area contributed by atoms with Gasteiger partial charge in [-0.15, -0.1) is 0 Å². The van der Waals surface area contributed by atoms with Crippen molar-refractivity contribution >= 4 is 0 Å². The van der Waals surface area contributed by atoms with Gasteiger partial charge in [0.1, 0.15) is 0 Å². The monoisotopic (exact) mass is 177 g/mol. The lowest BCUT2D eigenvalue weighted by molar-refractivity contribution is 0.327. The van der Waals surface area contributed by atoms with E-state index in [1.165, 1.54) is 11.1 Å². The van der Waals surface area contributed by atoms with Crippen LogP contribution in [0.25, 0.3) is 0 Å². The molecule has 2 heterocycles. The molecule has 1 aliphatic heterocycles. The van der Waals surface area contributed by atoms with Gasteiger partial charge in [0, 0.05) is 17.7 Å². The highest BCUT2D eigenvalue weighted by molar-refractivity contribution is 5.36. The van der Waals surface area contributed by atoms with E-state index in [-0.39, 0.29) is 0 Å². The molecule has 2 heteroatoms. The normalized spacial score (nSPS) is 20.2. The van der Waals surface area contributed by atoms with E-state index in [2.05, 4.69) is 31.8 Å². The van der Waals surface area contributed by atoms with Gasteiger partial charge in [0.2, 0.25) is 5.88 Å². The highest BCUT2D eigenvalue weighted by Gasteiger charge is 2.21. The molecule has 1 unspecified atom stereocenters. The molecule has 13 heavy (non-hydrogen) atoms. The largest absolute Gasteiger partial charge is 0.477 e. The molecule has 0 bridgehead atoms. The Kier molecular flexibility index (Phi) is 1.98. The van der Waals surface area contributed by atoms with Gasteiger partial charge in [-0.1, -0.05) is 20.8 Å². The van der Waals surface area contributed by atoms with Crippen molar-refractivity contribution in [3.63, 3.8) is 0 Å². The summed E-state index contributed by atoms with van der Waals surface area (Å²) in [5.41, 5.74) is 2.57. The van der Waals surface area contributed by atoms with Gasteiger partial charge < -0.3 is 4.74 Å². The van der Waals surface area contributed by atoms with Crippen LogP contribution in [-0.4, -0.2) is 11.6 Å². The summed E-state index contributed by atoms with van der Waals surface area (Å²) in [4.78, 5) is 4.31. The molecule has 2 nitrogen and oxygen atoms in total. The topological polar surface area (TPSA) is 22.1 Å². The molecular formula is C11H15NO. The number of fused-ring (bicyclic) bond motifs is 1. The minimum absolute atomic E-state index is 0.501. The standard InChI is InChI=1S/C11H15NO/c1-7(2)9-4-10-8(3)6-13-11(10)12-5-9/h4-5,7-8H,6H2,1-3H3. The molecule has 1 atom stereocenters. The molecule has 2 rings (SSSR count). The van der Waals surface area contributed by atoms with Crippen LogP contribution in [0.1, 0.15) is 43.7 Å². The molecule has 1 aromatic rings. The molecule has 0 aliphatic carbocycles. The minimum Gasteiger partial charge on any atom is -0.477 e. The highest BCUT2D eigenvalue weighted by Crippen LogP contribution is 2.33. The van der Waals surface area contributed by atoms with E-state index in [4.69, 9.17) is 4.74 Å². The van der Waals surface area contributed by atoms with Crippen molar-refractivity contribution in [3.8, 4) is 5.88 Å². The SMILES string of the molecule is CC(C)c1cnc2c(c1)C(C)CO2. The van der Waals surface area contributed by atoms with Crippen LogP contribution < -0.4 is 4.74 Å². The highest BCUT2D eigenvalue weighted by atomic mass is 16.5. The zero-order valence-electron chi connectivity index (χ0n) is 8.37. The average Bonchev–Trinajstić information content (AvgIpc) is 2.47. The molecule has 0 saturated heterocycles. The van der Waals surface area contributed by atoms with Crippen LogP contribution in [0.5, 0.6) is 5.88 Å². The lowest BCUT2D eigenvalue weighted by Gasteiger charge is -2.07. The number of ether oxygens (including phenoxy) is 1. The van der Waals surface area contributed by atoms with Crippen molar-refractivity contribution in [1.29, 1.82) is 0 Å². The van der Waals surface area contributed by atoms with Crippen molar-refractivity contribution in [2.45, 2.75) is 32.6 Å².